The van der Waals surface area contributed by atoms with Gasteiger partial charge in [0.05, 0.1) is 18.1 Å². The Balaban J connectivity index is 1.66. The lowest BCUT2D eigenvalue weighted by Gasteiger charge is -2.15. The number of methoxy groups -OCH3 is 1. The minimum absolute atomic E-state index is 0.178. The van der Waals surface area contributed by atoms with Crippen LogP contribution in [0.1, 0.15) is 6.92 Å². The molecule has 7 heteroatoms. The molecule has 2 aromatic carbocycles. The Morgan fingerprint density at radius 3 is 2.42 bits per heavy atom. The molecular weight excluding hydrogens is 308 g/mol. The number of hydrogen-bond donors (Lipinski definition) is 4. The van der Waals surface area contributed by atoms with Crippen molar-refractivity contribution in [3.63, 3.8) is 0 Å². The van der Waals surface area contributed by atoms with Crippen LogP contribution in [0.2, 0.25) is 0 Å². The van der Waals surface area contributed by atoms with Gasteiger partial charge in [0.15, 0.2) is 0 Å². The number of aromatic nitrogens is 2. The zero-order valence-corrected chi connectivity index (χ0v) is 13.3. The van der Waals surface area contributed by atoms with Crippen LogP contribution in [0.3, 0.4) is 0 Å². The summed E-state index contributed by atoms with van der Waals surface area (Å²) in [7, 11) is 1.60. The first-order valence-corrected chi connectivity index (χ1v) is 7.48. The molecule has 4 N–H and O–H groups in total. The summed E-state index contributed by atoms with van der Waals surface area (Å²) >= 11 is 0. The molecule has 3 aromatic rings. The first-order chi connectivity index (χ1) is 11.5. The maximum Gasteiger partial charge on any atom is 0.323 e. The van der Waals surface area contributed by atoms with Crippen molar-refractivity contribution in [2.24, 2.45) is 0 Å². The average molecular weight is 326 g/mol. The summed E-state index contributed by atoms with van der Waals surface area (Å²) in [5.41, 5.74) is 2.51. The van der Waals surface area contributed by atoms with Crippen LogP contribution in [0, 0.1) is 0 Å². The van der Waals surface area contributed by atoms with Gasteiger partial charge < -0.3 is 25.3 Å². The molecule has 1 amide bonds. The predicted molar refractivity (Wildman–Crippen MR) is 93.6 cm³/mol. The number of fused-ring (bicyclic) bond motifs is 1. The highest BCUT2D eigenvalue weighted by atomic mass is 16.5. The Labute approximate surface area is 138 Å². The highest BCUT2D eigenvalue weighted by Gasteiger charge is 2.13. The van der Waals surface area contributed by atoms with E-state index in [0.717, 1.165) is 11.4 Å². The largest absolute Gasteiger partial charge is 0.497 e. The topological polar surface area (TPSA) is 99.0 Å². The zero-order chi connectivity index (χ0) is 17.1. The summed E-state index contributed by atoms with van der Waals surface area (Å²) in [6.45, 7) is 1.77. The van der Waals surface area contributed by atoms with Crippen molar-refractivity contribution >= 4 is 28.3 Å². The van der Waals surface area contributed by atoms with Gasteiger partial charge in [-0.25, -0.2) is 4.79 Å². The lowest BCUT2D eigenvalue weighted by atomic mass is 10.2. The van der Waals surface area contributed by atoms with Gasteiger partial charge in [-0.15, -0.1) is 0 Å². The molecule has 0 saturated heterocycles. The van der Waals surface area contributed by atoms with Crippen LogP contribution in [0.15, 0.2) is 47.3 Å². The lowest BCUT2D eigenvalue weighted by molar-refractivity contribution is -0.116. The van der Waals surface area contributed by atoms with Crippen LogP contribution >= 0.6 is 0 Å². The van der Waals surface area contributed by atoms with Crippen LogP contribution in [0.25, 0.3) is 11.0 Å². The van der Waals surface area contributed by atoms with Crippen molar-refractivity contribution in [2.75, 3.05) is 17.7 Å². The molecule has 0 radical (unpaired) electrons. The molecule has 0 saturated carbocycles. The van der Waals surface area contributed by atoms with E-state index >= 15 is 0 Å². The highest BCUT2D eigenvalue weighted by Crippen LogP contribution is 2.17. The fraction of sp³-hybridized carbons (Fsp3) is 0.176. The molecule has 0 fully saturated rings. The molecule has 24 heavy (non-hydrogen) atoms. The quantitative estimate of drug-likeness (QED) is 0.578. The Hall–Kier alpha value is -3.22. The first kappa shape index (κ1) is 15.7. The van der Waals surface area contributed by atoms with Gasteiger partial charge in [-0.3, -0.25) is 4.79 Å². The molecule has 0 bridgehead atoms. The minimum Gasteiger partial charge on any atom is -0.497 e. The van der Waals surface area contributed by atoms with Gasteiger partial charge in [-0.05, 0) is 49.4 Å². The van der Waals surface area contributed by atoms with Crippen molar-refractivity contribution in [1.82, 2.24) is 9.97 Å². The molecule has 7 nitrogen and oxygen atoms in total. The van der Waals surface area contributed by atoms with Crippen LogP contribution < -0.4 is 21.1 Å². The van der Waals surface area contributed by atoms with E-state index in [4.69, 9.17) is 4.74 Å². The number of carbonyl (C=O) groups is 1. The number of rotatable bonds is 5. The number of benzene rings is 2. The van der Waals surface area contributed by atoms with Crippen molar-refractivity contribution in [2.45, 2.75) is 13.0 Å². The maximum absolute atomic E-state index is 12.3. The van der Waals surface area contributed by atoms with E-state index in [1.807, 2.05) is 24.3 Å². The number of anilines is 2. The summed E-state index contributed by atoms with van der Waals surface area (Å²) in [5.74, 6) is 0.578. The number of nitrogens with one attached hydrogen (secondary N) is 4. The van der Waals surface area contributed by atoms with Gasteiger partial charge >= 0.3 is 5.69 Å². The van der Waals surface area contributed by atoms with E-state index < -0.39 is 6.04 Å². The number of imidazole rings is 1. The summed E-state index contributed by atoms with van der Waals surface area (Å²) < 4.78 is 5.10. The third kappa shape index (κ3) is 3.40. The van der Waals surface area contributed by atoms with Gasteiger partial charge in [-0.1, -0.05) is 0 Å². The van der Waals surface area contributed by atoms with E-state index in [-0.39, 0.29) is 11.6 Å². The molecule has 1 heterocycles. The smallest absolute Gasteiger partial charge is 0.323 e. The van der Waals surface area contributed by atoms with Gasteiger partial charge in [0.2, 0.25) is 5.91 Å². The number of hydrogen-bond acceptors (Lipinski definition) is 4. The SMILES string of the molecule is COc1ccc(NC(C)C(=O)Nc2ccc3[nH]c(=O)[nH]c3c2)cc1. The fourth-order valence-electron chi connectivity index (χ4n) is 2.36. The van der Waals surface area contributed by atoms with Crippen molar-refractivity contribution < 1.29 is 9.53 Å². The molecule has 1 aromatic heterocycles. The number of amides is 1. The zero-order valence-electron chi connectivity index (χ0n) is 13.3. The maximum atomic E-state index is 12.3. The van der Waals surface area contributed by atoms with E-state index in [1.54, 1.807) is 32.2 Å². The Bertz CT molecular complexity index is 911. The molecular formula is C17H18N4O3. The fourth-order valence-corrected chi connectivity index (χ4v) is 2.36. The third-order valence-electron chi connectivity index (χ3n) is 3.65. The van der Waals surface area contributed by atoms with Crippen LogP contribution in [-0.2, 0) is 4.79 Å². The average Bonchev–Trinajstić information content (AvgIpc) is 2.94. The Morgan fingerprint density at radius 1 is 1.04 bits per heavy atom. The second-order valence-electron chi connectivity index (χ2n) is 5.42. The minimum atomic E-state index is -0.431. The second kappa shape index (κ2) is 6.49. The van der Waals surface area contributed by atoms with E-state index in [2.05, 4.69) is 20.6 Å². The predicted octanol–water partition coefficient (Wildman–Crippen LogP) is 2.30. The van der Waals surface area contributed by atoms with E-state index in [9.17, 15) is 9.59 Å². The number of ether oxygens (including phenoxy) is 1. The summed E-state index contributed by atoms with van der Waals surface area (Å²) in [5, 5.41) is 5.95. The second-order valence-corrected chi connectivity index (χ2v) is 5.42. The number of carbonyl (C=O) groups excluding carboxylic acids is 1. The summed E-state index contributed by atoms with van der Waals surface area (Å²) in [6, 6.07) is 12.1. The number of aromatic amines is 2. The Kier molecular flexibility index (Phi) is 4.24. The van der Waals surface area contributed by atoms with E-state index in [0.29, 0.717) is 16.7 Å². The molecule has 1 unspecified atom stereocenters. The van der Waals surface area contributed by atoms with Crippen molar-refractivity contribution in [1.29, 1.82) is 0 Å². The lowest BCUT2D eigenvalue weighted by Crippen LogP contribution is -2.31. The molecule has 0 aliphatic rings. The standard InChI is InChI=1S/C17H18N4O3/c1-10(18-11-3-6-13(24-2)7-4-11)16(22)19-12-5-8-14-15(9-12)21-17(23)20-14/h3-10,18H,1-2H3,(H,19,22)(H2,20,21,23). The highest BCUT2D eigenvalue weighted by molar-refractivity contribution is 5.97. The van der Waals surface area contributed by atoms with Crippen LogP contribution in [-0.4, -0.2) is 29.0 Å². The summed E-state index contributed by atoms with van der Waals surface area (Å²) in [4.78, 5) is 28.9. The van der Waals surface area contributed by atoms with Gasteiger partial charge in [0.25, 0.3) is 0 Å². The molecule has 0 spiro atoms. The van der Waals surface area contributed by atoms with Crippen molar-refractivity contribution in [3.05, 3.63) is 52.9 Å². The normalized spacial score (nSPS) is 11.9. The number of H-pyrrole nitrogens is 2. The third-order valence-corrected chi connectivity index (χ3v) is 3.65. The van der Waals surface area contributed by atoms with Gasteiger partial charge in [-0.2, -0.15) is 0 Å². The monoisotopic (exact) mass is 326 g/mol. The van der Waals surface area contributed by atoms with Crippen molar-refractivity contribution in [3.8, 4) is 5.75 Å². The van der Waals surface area contributed by atoms with E-state index in [1.165, 1.54) is 0 Å². The van der Waals surface area contributed by atoms with Crippen LogP contribution in [0.5, 0.6) is 5.75 Å². The van der Waals surface area contributed by atoms with Crippen LogP contribution in [0.4, 0.5) is 11.4 Å². The molecule has 1 atom stereocenters. The molecule has 0 aliphatic carbocycles. The molecule has 3 rings (SSSR count). The Morgan fingerprint density at radius 2 is 1.71 bits per heavy atom. The van der Waals surface area contributed by atoms with Gasteiger partial charge in [0.1, 0.15) is 11.8 Å². The molecule has 124 valence electrons. The van der Waals surface area contributed by atoms with Gasteiger partial charge in [0, 0.05) is 11.4 Å². The summed E-state index contributed by atoms with van der Waals surface area (Å²) in [6.07, 6.45) is 0. The molecule has 0 aliphatic heterocycles. The first-order valence-electron chi connectivity index (χ1n) is 7.48.